The summed E-state index contributed by atoms with van der Waals surface area (Å²) in [4.78, 5) is 14.1. The number of aliphatic hydroxyl groups excluding tert-OH is 1. The summed E-state index contributed by atoms with van der Waals surface area (Å²) < 4.78 is 0. The summed E-state index contributed by atoms with van der Waals surface area (Å²) in [5.74, 6) is 0.0189. The number of aliphatic hydroxyl groups is 1. The monoisotopic (exact) mass is 248 g/mol. The highest BCUT2D eigenvalue weighted by atomic mass is 16.3. The van der Waals surface area contributed by atoms with Gasteiger partial charge < -0.3 is 15.7 Å². The Morgan fingerprint density at radius 2 is 2.22 bits per heavy atom. The molecule has 0 radical (unpaired) electrons. The Labute approximate surface area is 107 Å². The van der Waals surface area contributed by atoms with Crippen molar-refractivity contribution < 1.29 is 9.90 Å². The molecule has 0 bridgehead atoms. The highest BCUT2D eigenvalue weighted by Crippen LogP contribution is 2.28. The van der Waals surface area contributed by atoms with E-state index < -0.39 is 0 Å². The van der Waals surface area contributed by atoms with E-state index in [2.05, 4.69) is 0 Å². The minimum Gasteiger partial charge on any atom is -0.395 e. The standard InChI is InChI=1S/C14H20N2O2/c15-7-6-11-2-1-3-12(10-11)14(18)16(8-9-17)13-4-5-13/h1-3,10,13,17H,4-9,15H2. The molecule has 1 amide bonds. The minimum absolute atomic E-state index is 0.0186. The van der Waals surface area contributed by atoms with Gasteiger partial charge in [0.25, 0.3) is 5.91 Å². The normalized spacial score (nSPS) is 14.6. The summed E-state index contributed by atoms with van der Waals surface area (Å²) in [6, 6.07) is 7.93. The fourth-order valence-corrected chi connectivity index (χ4v) is 2.14. The van der Waals surface area contributed by atoms with Crippen LogP contribution in [0.15, 0.2) is 24.3 Å². The molecule has 0 aliphatic heterocycles. The van der Waals surface area contributed by atoms with Crippen LogP contribution in [0.2, 0.25) is 0 Å². The Morgan fingerprint density at radius 1 is 1.44 bits per heavy atom. The second kappa shape index (κ2) is 5.98. The lowest BCUT2D eigenvalue weighted by molar-refractivity contribution is 0.0707. The number of nitrogens with zero attached hydrogens (tertiary/aromatic N) is 1. The van der Waals surface area contributed by atoms with Crippen LogP contribution in [-0.2, 0) is 6.42 Å². The van der Waals surface area contributed by atoms with Crippen LogP contribution in [-0.4, -0.2) is 41.7 Å². The molecule has 3 N–H and O–H groups in total. The van der Waals surface area contributed by atoms with Crippen molar-refractivity contribution in [3.05, 3.63) is 35.4 Å². The Kier molecular flexibility index (Phi) is 4.33. The topological polar surface area (TPSA) is 66.6 Å². The quantitative estimate of drug-likeness (QED) is 0.782. The number of rotatable bonds is 6. The van der Waals surface area contributed by atoms with E-state index in [0.717, 1.165) is 24.8 Å². The van der Waals surface area contributed by atoms with Crippen molar-refractivity contribution in [2.75, 3.05) is 19.7 Å². The number of hydrogen-bond acceptors (Lipinski definition) is 3. The van der Waals surface area contributed by atoms with Crippen molar-refractivity contribution in [2.24, 2.45) is 5.73 Å². The Hall–Kier alpha value is -1.39. The van der Waals surface area contributed by atoms with E-state index in [1.165, 1.54) is 0 Å². The molecule has 0 atom stereocenters. The molecule has 0 unspecified atom stereocenters. The van der Waals surface area contributed by atoms with Gasteiger partial charge in [-0.15, -0.1) is 0 Å². The summed E-state index contributed by atoms with van der Waals surface area (Å²) in [7, 11) is 0. The number of nitrogens with two attached hydrogens (primary N) is 1. The first-order valence-electron chi connectivity index (χ1n) is 6.47. The number of benzene rings is 1. The van der Waals surface area contributed by atoms with Crippen molar-refractivity contribution in [1.82, 2.24) is 4.90 Å². The molecule has 0 saturated heterocycles. The van der Waals surface area contributed by atoms with Crippen LogP contribution >= 0.6 is 0 Å². The number of carbonyl (C=O) groups excluding carboxylic acids is 1. The van der Waals surface area contributed by atoms with Gasteiger partial charge in [-0.25, -0.2) is 0 Å². The van der Waals surface area contributed by atoms with Crippen molar-refractivity contribution in [1.29, 1.82) is 0 Å². The van der Waals surface area contributed by atoms with Crippen LogP contribution < -0.4 is 5.73 Å². The van der Waals surface area contributed by atoms with Gasteiger partial charge in [0.1, 0.15) is 0 Å². The molecule has 1 aliphatic rings. The van der Waals surface area contributed by atoms with Crippen LogP contribution in [0.25, 0.3) is 0 Å². The number of carbonyl (C=O) groups is 1. The van der Waals surface area contributed by atoms with E-state index in [-0.39, 0.29) is 12.5 Å². The lowest BCUT2D eigenvalue weighted by Crippen LogP contribution is -2.35. The molecule has 98 valence electrons. The van der Waals surface area contributed by atoms with Gasteiger partial charge in [0, 0.05) is 18.2 Å². The third-order valence-corrected chi connectivity index (χ3v) is 3.20. The molecule has 0 aromatic heterocycles. The molecule has 4 heteroatoms. The second-order valence-electron chi connectivity index (χ2n) is 4.69. The van der Waals surface area contributed by atoms with E-state index in [0.29, 0.717) is 24.7 Å². The molecule has 1 aromatic carbocycles. The van der Waals surface area contributed by atoms with Gasteiger partial charge >= 0.3 is 0 Å². The summed E-state index contributed by atoms with van der Waals surface area (Å²) in [5.41, 5.74) is 7.31. The Bertz CT molecular complexity index is 416. The largest absolute Gasteiger partial charge is 0.395 e. The first-order chi connectivity index (χ1) is 8.76. The van der Waals surface area contributed by atoms with Gasteiger partial charge in [-0.05, 0) is 43.5 Å². The second-order valence-corrected chi connectivity index (χ2v) is 4.69. The third-order valence-electron chi connectivity index (χ3n) is 3.20. The maximum atomic E-state index is 12.4. The zero-order chi connectivity index (χ0) is 13.0. The first kappa shape index (κ1) is 13.1. The van der Waals surface area contributed by atoms with E-state index in [1.54, 1.807) is 4.90 Å². The van der Waals surface area contributed by atoms with Crippen LogP contribution in [0.4, 0.5) is 0 Å². The summed E-state index contributed by atoms with van der Waals surface area (Å²) in [6.07, 6.45) is 2.88. The molecule has 4 nitrogen and oxygen atoms in total. The fraction of sp³-hybridized carbons (Fsp3) is 0.500. The van der Waals surface area contributed by atoms with Gasteiger partial charge in [0.2, 0.25) is 0 Å². The highest BCUT2D eigenvalue weighted by Gasteiger charge is 2.32. The zero-order valence-corrected chi connectivity index (χ0v) is 10.5. The van der Waals surface area contributed by atoms with Crippen LogP contribution in [0, 0.1) is 0 Å². The van der Waals surface area contributed by atoms with Gasteiger partial charge in [-0.3, -0.25) is 4.79 Å². The van der Waals surface area contributed by atoms with Gasteiger partial charge in [0.05, 0.1) is 6.61 Å². The molecular weight excluding hydrogens is 228 g/mol. The fourth-order valence-electron chi connectivity index (χ4n) is 2.14. The summed E-state index contributed by atoms with van der Waals surface area (Å²) in [6.45, 7) is 1.02. The van der Waals surface area contributed by atoms with Gasteiger partial charge in [-0.1, -0.05) is 12.1 Å². The van der Waals surface area contributed by atoms with E-state index >= 15 is 0 Å². The third kappa shape index (κ3) is 3.09. The van der Waals surface area contributed by atoms with Gasteiger partial charge in [0.15, 0.2) is 0 Å². The van der Waals surface area contributed by atoms with Crippen molar-refractivity contribution >= 4 is 5.91 Å². The zero-order valence-electron chi connectivity index (χ0n) is 10.5. The average Bonchev–Trinajstić information content (AvgIpc) is 3.20. The molecule has 1 saturated carbocycles. The lowest BCUT2D eigenvalue weighted by atomic mass is 10.1. The molecule has 2 rings (SSSR count). The van der Waals surface area contributed by atoms with E-state index in [4.69, 9.17) is 10.8 Å². The SMILES string of the molecule is NCCc1cccc(C(=O)N(CCO)C2CC2)c1. The molecule has 0 spiro atoms. The molecule has 1 fully saturated rings. The lowest BCUT2D eigenvalue weighted by Gasteiger charge is -2.21. The highest BCUT2D eigenvalue weighted by molar-refractivity contribution is 5.94. The van der Waals surface area contributed by atoms with Crippen molar-refractivity contribution in [3.63, 3.8) is 0 Å². The predicted octanol–water partition coefficient (Wildman–Crippen LogP) is 0.785. The smallest absolute Gasteiger partial charge is 0.254 e. The van der Waals surface area contributed by atoms with E-state index in [9.17, 15) is 4.79 Å². The van der Waals surface area contributed by atoms with Gasteiger partial charge in [-0.2, -0.15) is 0 Å². The summed E-state index contributed by atoms with van der Waals surface area (Å²) in [5, 5.41) is 9.04. The van der Waals surface area contributed by atoms with Crippen molar-refractivity contribution in [3.8, 4) is 0 Å². The number of hydrogen-bond donors (Lipinski definition) is 2. The molecule has 1 aromatic rings. The predicted molar refractivity (Wildman–Crippen MR) is 70.3 cm³/mol. The molecule has 1 aliphatic carbocycles. The van der Waals surface area contributed by atoms with Crippen LogP contribution in [0.5, 0.6) is 0 Å². The van der Waals surface area contributed by atoms with E-state index in [1.807, 2.05) is 24.3 Å². The average molecular weight is 248 g/mol. The first-order valence-corrected chi connectivity index (χ1v) is 6.47. The summed E-state index contributed by atoms with van der Waals surface area (Å²) >= 11 is 0. The molecule has 0 heterocycles. The number of amides is 1. The van der Waals surface area contributed by atoms with Crippen LogP contribution in [0.1, 0.15) is 28.8 Å². The van der Waals surface area contributed by atoms with Crippen LogP contribution in [0.3, 0.4) is 0 Å². The maximum absolute atomic E-state index is 12.4. The Balaban J connectivity index is 2.13. The maximum Gasteiger partial charge on any atom is 0.254 e. The minimum atomic E-state index is 0.0186. The molecule has 18 heavy (non-hydrogen) atoms. The Morgan fingerprint density at radius 3 is 2.83 bits per heavy atom. The molecular formula is C14H20N2O2. The van der Waals surface area contributed by atoms with Crippen molar-refractivity contribution in [2.45, 2.75) is 25.3 Å².